The Morgan fingerprint density at radius 2 is 1.78 bits per heavy atom. The van der Waals surface area contributed by atoms with Crippen LogP contribution < -0.4 is 5.01 Å². The molecule has 2 aromatic rings. The molecule has 0 saturated heterocycles. The first kappa shape index (κ1) is 16.6. The van der Waals surface area contributed by atoms with Gasteiger partial charge in [0.25, 0.3) is 0 Å². The molecule has 2 aromatic carbocycles. The lowest BCUT2D eigenvalue weighted by Crippen LogP contribution is -2.47. The second kappa shape index (κ2) is 6.56. The topological polar surface area (TPSA) is 52.9 Å². The molecule has 0 aliphatic carbocycles. The smallest absolute Gasteiger partial charge is 0.331 e. The third kappa shape index (κ3) is 3.53. The maximum absolute atomic E-state index is 13.7. The number of aliphatic carboxylic acids is 1. The fourth-order valence-corrected chi connectivity index (χ4v) is 1.93. The summed E-state index contributed by atoms with van der Waals surface area (Å²) in [5, 5.41) is 14.7. The van der Waals surface area contributed by atoms with Crippen molar-refractivity contribution >= 4 is 17.9 Å². The summed E-state index contributed by atoms with van der Waals surface area (Å²) >= 11 is 0. The minimum atomic E-state index is -1.37. The molecule has 4 nitrogen and oxygen atoms in total. The van der Waals surface area contributed by atoms with Gasteiger partial charge in [0.05, 0.1) is 11.9 Å². The summed E-state index contributed by atoms with van der Waals surface area (Å²) in [6, 6.07) is 12.3. The van der Waals surface area contributed by atoms with Crippen LogP contribution in [0.15, 0.2) is 53.6 Å². The van der Waals surface area contributed by atoms with E-state index in [4.69, 9.17) is 0 Å². The molecule has 0 fully saturated rings. The SMILES string of the molecule is CC(C)(C(=O)O)N(N=Cc1cccc(F)c1F)c1ccccc1. The van der Waals surface area contributed by atoms with Gasteiger partial charge < -0.3 is 5.11 Å². The Balaban J connectivity index is 2.45. The van der Waals surface area contributed by atoms with Crippen molar-refractivity contribution in [2.24, 2.45) is 5.10 Å². The summed E-state index contributed by atoms with van der Waals surface area (Å²) in [6.07, 6.45) is 1.11. The predicted octanol–water partition coefficient (Wildman–Crippen LogP) is 3.67. The molecular formula is C17H16F2N2O2. The first-order chi connectivity index (χ1) is 10.8. The monoisotopic (exact) mass is 318 g/mol. The Morgan fingerprint density at radius 3 is 2.39 bits per heavy atom. The zero-order chi connectivity index (χ0) is 17.0. The van der Waals surface area contributed by atoms with Gasteiger partial charge in [-0.25, -0.2) is 18.6 Å². The molecule has 2 rings (SSSR count). The van der Waals surface area contributed by atoms with Crippen molar-refractivity contribution in [2.45, 2.75) is 19.4 Å². The van der Waals surface area contributed by atoms with E-state index >= 15 is 0 Å². The highest BCUT2D eigenvalue weighted by atomic mass is 19.2. The first-order valence-corrected chi connectivity index (χ1v) is 6.90. The molecule has 0 bridgehead atoms. The van der Waals surface area contributed by atoms with Crippen molar-refractivity contribution in [1.82, 2.24) is 0 Å². The largest absolute Gasteiger partial charge is 0.479 e. The van der Waals surface area contributed by atoms with E-state index in [0.29, 0.717) is 5.69 Å². The predicted molar refractivity (Wildman–Crippen MR) is 84.6 cm³/mol. The summed E-state index contributed by atoms with van der Waals surface area (Å²) in [5.41, 5.74) is -0.915. The minimum absolute atomic E-state index is 0.0629. The molecule has 0 atom stereocenters. The summed E-state index contributed by atoms with van der Waals surface area (Å²) in [6.45, 7) is 2.95. The maximum Gasteiger partial charge on any atom is 0.331 e. The van der Waals surface area contributed by atoms with E-state index in [-0.39, 0.29) is 5.56 Å². The Hall–Kier alpha value is -2.76. The van der Waals surface area contributed by atoms with Crippen LogP contribution in [0.3, 0.4) is 0 Å². The highest BCUT2D eigenvalue weighted by Gasteiger charge is 2.35. The van der Waals surface area contributed by atoms with E-state index in [1.165, 1.54) is 31.0 Å². The Bertz CT molecular complexity index is 731. The van der Waals surface area contributed by atoms with Crippen LogP contribution in [-0.4, -0.2) is 22.8 Å². The van der Waals surface area contributed by atoms with Gasteiger partial charge in [0.15, 0.2) is 17.2 Å². The number of rotatable bonds is 5. The van der Waals surface area contributed by atoms with Crippen molar-refractivity contribution in [1.29, 1.82) is 0 Å². The van der Waals surface area contributed by atoms with Gasteiger partial charge in [-0.2, -0.15) is 5.10 Å². The molecule has 120 valence electrons. The molecule has 0 heterocycles. The highest BCUT2D eigenvalue weighted by Crippen LogP contribution is 2.25. The average Bonchev–Trinajstić information content (AvgIpc) is 2.52. The van der Waals surface area contributed by atoms with Gasteiger partial charge in [-0.05, 0) is 32.0 Å². The van der Waals surface area contributed by atoms with Gasteiger partial charge in [-0.3, -0.25) is 0 Å². The van der Waals surface area contributed by atoms with E-state index in [9.17, 15) is 18.7 Å². The van der Waals surface area contributed by atoms with Gasteiger partial charge >= 0.3 is 5.97 Å². The van der Waals surface area contributed by atoms with Gasteiger partial charge in [0.1, 0.15) is 0 Å². The van der Waals surface area contributed by atoms with Crippen LogP contribution in [0.5, 0.6) is 0 Å². The van der Waals surface area contributed by atoms with Crippen LogP contribution in [0.4, 0.5) is 14.5 Å². The van der Waals surface area contributed by atoms with Crippen molar-refractivity contribution in [2.75, 3.05) is 5.01 Å². The molecule has 1 N–H and O–H groups in total. The minimum Gasteiger partial charge on any atom is -0.479 e. The van der Waals surface area contributed by atoms with Gasteiger partial charge in [-0.1, -0.05) is 30.3 Å². The van der Waals surface area contributed by atoms with E-state index < -0.39 is 23.1 Å². The molecule has 0 aliphatic heterocycles. The molecule has 0 aliphatic rings. The number of carboxylic acid groups (broad SMARTS) is 1. The van der Waals surface area contributed by atoms with E-state index in [1.54, 1.807) is 30.3 Å². The van der Waals surface area contributed by atoms with Crippen LogP contribution in [0.25, 0.3) is 0 Å². The third-order valence-electron chi connectivity index (χ3n) is 3.35. The number of anilines is 1. The Labute approximate surface area is 132 Å². The van der Waals surface area contributed by atoms with Crippen molar-refractivity contribution in [3.8, 4) is 0 Å². The third-order valence-corrected chi connectivity index (χ3v) is 3.35. The van der Waals surface area contributed by atoms with Crippen molar-refractivity contribution < 1.29 is 18.7 Å². The molecule has 0 aromatic heterocycles. The van der Waals surface area contributed by atoms with Crippen molar-refractivity contribution in [3.63, 3.8) is 0 Å². The molecule has 0 saturated carbocycles. The number of nitrogens with zero attached hydrogens (tertiary/aromatic N) is 2. The molecule has 0 amide bonds. The Kier molecular flexibility index (Phi) is 4.74. The summed E-state index contributed by atoms with van der Waals surface area (Å²) in [5.74, 6) is -3.12. The van der Waals surface area contributed by atoms with Gasteiger partial charge in [-0.15, -0.1) is 0 Å². The number of hydrogen-bond acceptors (Lipinski definition) is 3. The number of hydrazone groups is 1. The van der Waals surface area contributed by atoms with Crippen LogP contribution in [0, 0.1) is 11.6 Å². The molecular weight excluding hydrogens is 302 g/mol. The standard InChI is InChI=1S/C17H16F2N2O2/c1-17(2,16(22)23)21(13-8-4-3-5-9-13)20-11-12-7-6-10-14(18)15(12)19/h3-11H,1-2H3,(H,22,23). The normalized spacial score (nSPS) is 11.7. The van der Waals surface area contributed by atoms with Crippen LogP contribution >= 0.6 is 0 Å². The van der Waals surface area contributed by atoms with E-state index in [0.717, 1.165) is 12.3 Å². The zero-order valence-electron chi connectivity index (χ0n) is 12.7. The molecule has 0 unspecified atom stereocenters. The molecule has 0 spiro atoms. The lowest BCUT2D eigenvalue weighted by Gasteiger charge is -2.32. The van der Waals surface area contributed by atoms with E-state index in [2.05, 4.69) is 5.10 Å². The molecule has 6 heteroatoms. The maximum atomic E-state index is 13.7. The summed E-state index contributed by atoms with van der Waals surface area (Å²) in [7, 11) is 0. The fourth-order valence-electron chi connectivity index (χ4n) is 1.93. The van der Waals surface area contributed by atoms with Crippen LogP contribution in [0.2, 0.25) is 0 Å². The van der Waals surface area contributed by atoms with Crippen molar-refractivity contribution in [3.05, 3.63) is 65.7 Å². The lowest BCUT2D eigenvalue weighted by atomic mass is 10.0. The number of carbonyl (C=O) groups is 1. The number of benzene rings is 2. The van der Waals surface area contributed by atoms with Crippen LogP contribution in [-0.2, 0) is 4.79 Å². The molecule has 0 radical (unpaired) electrons. The average molecular weight is 318 g/mol. The number of para-hydroxylation sites is 1. The quantitative estimate of drug-likeness (QED) is 0.676. The second-order valence-electron chi connectivity index (χ2n) is 5.40. The Morgan fingerprint density at radius 1 is 1.13 bits per heavy atom. The number of hydrogen-bond donors (Lipinski definition) is 1. The summed E-state index contributed by atoms with van der Waals surface area (Å²) in [4.78, 5) is 11.5. The van der Waals surface area contributed by atoms with Crippen LogP contribution in [0.1, 0.15) is 19.4 Å². The van der Waals surface area contributed by atoms with Gasteiger partial charge in [0, 0.05) is 5.56 Å². The van der Waals surface area contributed by atoms with Gasteiger partial charge in [0.2, 0.25) is 0 Å². The van der Waals surface area contributed by atoms with E-state index in [1.807, 2.05) is 0 Å². The summed E-state index contributed by atoms with van der Waals surface area (Å²) < 4.78 is 27.0. The number of carboxylic acids is 1. The second-order valence-corrected chi connectivity index (χ2v) is 5.40. The zero-order valence-corrected chi connectivity index (χ0v) is 12.7. The molecule has 23 heavy (non-hydrogen) atoms. The lowest BCUT2D eigenvalue weighted by molar-refractivity contribution is -0.142. The first-order valence-electron chi connectivity index (χ1n) is 6.90. The highest BCUT2D eigenvalue weighted by molar-refractivity contribution is 5.85. The fraction of sp³-hybridized carbons (Fsp3) is 0.176. The number of halogens is 2.